The van der Waals surface area contributed by atoms with Crippen molar-refractivity contribution in [3.8, 4) is 0 Å². The van der Waals surface area contributed by atoms with Gasteiger partial charge in [0.25, 0.3) is 0 Å². The summed E-state index contributed by atoms with van der Waals surface area (Å²) in [6, 6.07) is 9.99. The van der Waals surface area contributed by atoms with Gasteiger partial charge in [0.15, 0.2) is 5.96 Å². The van der Waals surface area contributed by atoms with Crippen molar-refractivity contribution in [3.63, 3.8) is 0 Å². The van der Waals surface area contributed by atoms with Crippen LogP contribution >= 0.6 is 11.3 Å². The van der Waals surface area contributed by atoms with Crippen molar-refractivity contribution in [2.24, 2.45) is 4.99 Å². The molecule has 0 amide bonds. The van der Waals surface area contributed by atoms with E-state index in [1.165, 1.54) is 4.88 Å². The molecule has 124 valence electrons. The molecule has 1 atom stereocenters. The van der Waals surface area contributed by atoms with Gasteiger partial charge in [-0.1, -0.05) is 30.3 Å². The molecular weight excluding hydrogens is 308 g/mol. The lowest BCUT2D eigenvalue weighted by molar-refractivity contribution is 0.177. The summed E-state index contributed by atoms with van der Waals surface area (Å²) < 4.78 is 0. The lowest BCUT2D eigenvalue weighted by atomic mass is 10.1. The topological polar surface area (TPSA) is 69.5 Å². The summed E-state index contributed by atoms with van der Waals surface area (Å²) in [5.41, 5.74) is 1.13. The van der Waals surface area contributed by atoms with Gasteiger partial charge in [0, 0.05) is 30.6 Å². The van der Waals surface area contributed by atoms with Crippen molar-refractivity contribution in [1.29, 1.82) is 0 Å². The van der Waals surface area contributed by atoms with E-state index in [0.29, 0.717) is 25.5 Å². The zero-order valence-electron chi connectivity index (χ0n) is 13.6. The highest BCUT2D eigenvalue weighted by atomic mass is 32.1. The summed E-state index contributed by atoms with van der Waals surface area (Å²) in [4.78, 5) is 10.00. The van der Waals surface area contributed by atoms with E-state index in [2.05, 4.69) is 20.6 Å². The fraction of sp³-hybridized carbons (Fsp3) is 0.412. The Morgan fingerprint density at radius 1 is 1.30 bits per heavy atom. The molecule has 6 heteroatoms. The molecule has 1 heterocycles. The van der Waals surface area contributed by atoms with E-state index in [0.717, 1.165) is 17.1 Å². The molecule has 2 aromatic rings. The van der Waals surface area contributed by atoms with Gasteiger partial charge in [-0.25, -0.2) is 9.98 Å². The summed E-state index contributed by atoms with van der Waals surface area (Å²) in [6.45, 7) is 5.83. The van der Waals surface area contributed by atoms with Gasteiger partial charge in [-0.3, -0.25) is 0 Å². The second-order valence-corrected chi connectivity index (χ2v) is 6.60. The standard InChI is InChI=1S/C17H24N4OS/c1-3-18-17(21-12-16-19-10-13(2)23-16)20-11-15(22)9-14-7-5-4-6-8-14/h4-8,10,15,22H,3,9,11-12H2,1-2H3,(H2,18,20,21). The highest BCUT2D eigenvalue weighted by Gasteiger charge is 2.07. The highest BCUT2D eigenvalue weighted by molar-refractivity contribution is 7.11. The Balaban J connectivity index is 1.83. The zero-order chi connectivity index (χ0) is 16.5. The number of benzene rings is 1. The fourth-order valence-electron chi connectivity index (χ4n) is 2.14. The average molecular weight is 332 g/mol. The number of aliphatic hydroxyl groups excluding tert-OH is 1. The second-order valence-electron chi connectivity index (χ2n) is 5.28. The van der Waals surface area contributed by atoms with Gasteiger partial charge in [-0.05, 0) is 19.4 Å². The number of thiazole rings is 1. The van der Waals surface area contributed by atoms with E-state index in [-0.39, 0.29) is 0 Å². The number of nitrogens with one attached hydrogen (secondary N) is 2. The van der Waals surface area contributed by atoms with Crippen molar-refractivity contribution in [2.75, 3.05) is 13.1 Å². The minimum absolute atomic E-state index is 0.455. The maximum Gasteiger partial charge on any atom is 0.191 e. The molecule has 0 saturated heterocycles. The lowest BCUT2D eigenvalue weighted by Gasteiger charge is -2.15. The van der Waals surface area contributed by atoms with Crippen molar-refractivity contribution >= 4 is 17.3 Å². The Kier molecular flexibility index (Phi) is 7.03. The maximum atomic E-state index is 10.2. The zero-order valence-corrected chi connectivity index (χ0v) is 14.4. The molecule has 5 nitrogen and oxygen atoms in total. The molecule has 0 radical (unpaired) electrons. The molecule has 0 spiro atoms. The van der Waals surface area contributed by atoms with Crippen LogP contribution in [-0.4, -0.2) is 35.2 Å². The largest absolute Gasteiger partial charge is 0.391 e. The molecule has 2 rings (SSSR count). The number of rotatable bonds is 7. The number of guanidine groups is 1. The summed E-state index contributed by atoms with van der Waals surface area (Å²) in [5, 5.41) is 17.5. The van der Waals surface area contributed by atoms with Gasteiger partial charge < -0.3 is 15.7 Å². The minimum Gasteiger partial charge on any atom is -0.391 e. The van der Waals surface area contributed by atoms with Crippen LogP contribution in [0.5, 0.6) is 0 Å². The third kappa shape index (κ3) is 6.38. The predicted octanol–water partition coefficient (Wildman–Crippen LogP) is 2.11. The number of hydrogen-bond donors (Lipinski definition) is 3. The quantitative estimate of drug-likeness (QED) is 0.536. The molecule has 1 unspecified atom stereocenters. The molecule has 1 aromatic heterocycles. The number of aromatic nitrogens is 1. The third-order valence-electron chi connectivity index (χ3n) is 3.21. The minimum atomic E-state index is -0.455. The Bertz CT molecular complexity index is 612. The monoisotopic (exact) mass is 332 g/mol. The van der Waals surface area contributed by atoms with Gasteiger partial charge in [-0.15, -0.1) is 11.3 Å². The van der Waals surface area contributed by atoms with Crippen LogP contribution in [0.15, 0.2) is 41.5 Å². The maximum absolute atomic E-state index is 10.2. The first-order valence-corrected chi connectivity index (χ1v) is 8.64. The van der Waals surface area contributed by atoms with Gasteiger partial charge in [0.05, 0.1) is 12.6 Å². The van der Waals surface area contributed by atoms with E-state index in [9.17, 15) is 5.11 Å². The van der Waals surface area contributed by atoms with Crippen LogP contribution in [0, 0.1) is 6.92 Å². The van der Waals surface area contributed by atoms with Crippen LogP contribution in [0.3, 0.4) is 0 Å². The molecule has 0 aliphatic rings. The number of aryl methyl sites for hydroxylation is 1. The van der Waals surface area contributed by atoms with Gasteiger partial charge in [0.2, 0.25) is 0 Å². The Morgan fingerprint density at radius 2 is 2.09 bits per heavy atom. The molecule has 23 heavy (non-hydrogen) atoms. The van der Waals surface area contributed by atoms with Crippen LogP contribution < -0.4 is 10.6 Å². The van der Waals surface area contributed by atoms with E-state index in [1.54, 1.807) is 11.3 Å². The Morgan fingerprint density at radius 3 is 2.74 bits per heavy atom. The normalized spacial score (nSPS) is 12.9. The Hall–Kier alpha value is -1.92. The van der Waals surface area contributed by atoms with Crippen molar-refractivity contribution < 1.29 is 5.11 Å². The number of aliphatic imine (C=N–C) groups is 1. The van der Waals surface area contributed by atoms with E-state index >= 15 is 0 Å². The van der Waals surface area contributed by atoms with Gasteiger partial charge in [-0.2, -0.15) is 0 Å². The molecule has 0 fully saturated rings. The van der Waals surface area contributed by atoms with Crippen LogP contribution in [0.1, 0.15) is 22.4 Å². The van der Waals surface area contributed by atoms with Crippen molar-refractivity contribution in [2.45, 2.75) is 32.9 Å². The van der Waals surface area contributed by atoms with Crippen molar-refractivity contribution in [1.82, 2.24) is 15.6 Å². The summed E-state index contributed by atoms with van der Waals surface area (Å²) in [7, 11) is 0. The van der Waals surface area contributed by atoms with E-state index < -0.39 is 6.10 Å². The molecule has 0 aliphatic heterocycles. The molecule has 0 aliphatic carbocycles. The van der Waals surface area contributed by atoms with Crippen molar-refractivity contribution in [3.05, 3.63) is 52.0 Å². The number of nitrogens with zero attached hydrogens (tertiary/aromatic N) is 2. The molecule has 0 saturated carbocycles. The number of hydrogen-bond acceptors (Lipinski definition) is 4. The third-order valence-corrected chi connectivity index (χ3v) is 4.10. The Labute approximate surface area is 141 Å². The van der Waals surface area contributed by atoms with E-state index in [1.807, 2.05) is 50.4 Å². The smallest absolute Gasteiger partial charge is 0.191 e. The summed E-state index contributed by atoms with van der Waals surface area (Å²) in [5.74, 6) is 0.701. The number of aliphatic hydroxyl groups is 1. The molecule has 3 N–H and O–H groups in total. The van der Waals surface area contributed by atoms with Gasteiger partial charge in [0.1, 0.15) is 5.01 Å². The summed E-state index contributed by atoms with van der Waals surface area (Å²) in [6.07, 6.45) is 2.03. The van der Waals surface area contributed by atoms with Crippen LogP contribution in [0.4, 0.5) is 0 Å². The molecule has 1 aromatic carbocycles. The first-order chi connectivity index (χ1) is 11.2. The second kappa shape index (κ2) is 9.27. The van der Waals surface area contributed by atoms with Crippen LogP contribution in [0.25, 0.3) is 0 Å². The predicted molar refractivity (Wildman–Crippen MR) is 95.8 cm³/mol. The summed E-state index contributed by atoms with van der Waals surface area (Å²) >= 11 is 1.65. The first-order valence-electron chi connectivity index (χ1n) is 7.83. The fourth-order valence-corrected chi connectivity index (χ4v) is 2.85. The van der Waals surface area contributed by atoms with Gasteiger partial charge >= 0.3 is 0 Å². The molecular formula is C17H24N4OS. The lowest BCUT2D eigenvalue weighted by Crippen LogP contribution is -2.41. The highest BCUT2D eigenvalue weighted by Crippen LogP contribution is 2.11. The van der Waals surface area contributed by atoms with Crippen LogP contribution in [0.2, 0.25) is 0 Å². The SMILES string of the molecule is CCNC(=NCc1ncc(C)s1)NCC(O)Cc1ccccc1. The van der Waals surface area contributed by atoms with E-state index in [4.69, 9.17) is 0 Å². The van der Waals surface area contributed by atoms with Crippen LogP contribution in [-0.2, 0) is 13.0 Å². The average Bonchev–Trinajstić information content (AvgIpc) is 2.96. The molecule has 0 bridgehead atoms. The first kappa shape index (κ1) is 17.4.